The Kier molecular flexibility index (Phi) is 8.98. The number of nitro groups is 1. The summed E-state index contributed by atoms with van der Waals surface area (Å²) >= 11 is 13.7. The summed E-state index contributed by atoms with van der Waals surface area (Å²) in [6.07, 6.45) is 0.419. The second-order valence-corrected chi connectivity index (χ2v) is 10.8. The van der Waals surface area contributed by atoms with Crippen LogP contribution >= 0.6 is 35.0 Å². The van der Waals surface area contributed by atoms with E-state index in [-0.39, 0.29) is 16.6 Å². The maximum atomic E-state index is 13.4. The third kappa shape index (κ3) is 6.94. The quantitative estimate of drug-likeness (QED) is 0.101. The van der Waals surface area contributed by atoms with Gasteiger partial charge in [-0.1, -0.05) is 95.6 Å². The van der Waals surface area contributed by atoms with Crippen LogP contribution in [0.5, 0.6) is 0 Å². The largest absolute Gasteiger partial charge is 0.342 e. The molecule has 11 heteroatoms. The van der Waals surface area contributed by atoms with Crippen LogP contribution in [0.3, 0.4) is 0 Å². The summed E-state index contributed by atoms with van der Waals surface area (Å²) in [5.74, 6) is 0.748. The number of non-ortho nitro benzene ring substituents is 1. The first-order chi connectivity index (χ1) is 19.9. The monoisotopic (exact) mass is 603 g/mol. The van der Waals surface area contributed by atoms with E-state index in [4.69, 9.17) is 23.2 Å². The summed E-state index contributed by atoms with van der Waals surface area (Å²) in [6.45, 7) is 0. The van der Waals surface area contributed by atoms with Gasteiger partial charge in [0.25, 0.3) is 11.6 Å². The minimum Gasteiger partial charge on any atom is -0.342 e. The van der Waals surface area contributed by atoms with Gasteiger partial charge in [0.1, 0.15) is 0 Å². The zero-order valence-corrected chi connectivity index (χ0v) is 23.8. The fourth-order valence-corrected chi connectivity index (χ4v) is 5.44. The first-order valence-electron chi connectivity index (χ1n) is 12.6. The highest BCUT2D eigenvalue weighted by Gasteiger charge is 2.26. The zero-order chi connectivity index (χ0) is 28.8. The maximum absolute atomic E-state index is 13.4. The first kappa shape index (κ1) is 28.4. The van der Waals surface area contributed by atoms with Crippen LogP contribution in [0.1, 0.15) is 33.4 Å². The Bertz CT molecular complexity index is 1670. The van der Waals surface area contributed by atoms with E-state index in [1.54, 1.807) is 24.3 Å². The third-order valence-corrected chi connectivity index (χ3v) is 8.01. The molecule has 41 heavy (non-hydrogen) atoms. The molecule has 0 radical (unpaired) electrons. The summed E-state index contributed by atoms with van der Waals surface area (Å²) in [7, 11) is 0. The van der Waals surface area contributed by atoms with E-state index >= 15 is 0 Å². The molecular weight excluding hydrogens is 581 g/mol. The molecule has 0 aliphatic carbocycles. The summed E-state index contributed by atoms with van der Waals surface area (Å²) in [5.41, 5.74) is 3.02. The molecule has 1 atom stereocenters. The molecule has 0 bridgehead atoms. The van der Waals surface area contributed by atoms with Gasteiger partial charge in [-0.15, -0.1) is 10.2 Å². The van der Waals surface area contributed by atoms with Gasteiger partial charge in [0, 0.05) is 29.1 Å². The predicted octanol–water partition coefficient (Wildman–Crippen LogP) is 7.49. The normalized spacial score (nSPS) is 11.7. The second-order valence-electron chi connectivity index (χ2n) is 9.07. The number of nitro benzene ring substituents is 1. The lowest BCUT2D eigenvalue weighted by Crippen LogP contribution is -2.32. The van der Waals surface area contributed by atoms with Crippen molar-refractivity contribution in [3.05, 3.63) is 146 Å². The minimum absolute atomic E-state index is 0.0318. The molecular formula is C30H23Cl2N5O3S. The van der Waals surface area contributed by atoms with Crippen molar-refractivity contribution in [1.82, 2.24) is 20.1 Å². The lowest BCUT2D eigenvalue weighted by molar-refractivity contribution is -0.384. The molecule has 206 valence electrons. The summed E-state index contributed by atoms with van der Waals surface area (Å²) in [5, 5.41) is 24.6. The van der Waals surface area contributed by atoms with E-state index in [1.165, 1.54) is 30.0 Å². The van der Waals surface area contributed by atoms with Crippen LogP contribution in [0.25, 0.3) is 5.69 Å². The third-order valence-electron chi connectivity index (χ3n) is 6.27. The molecule has 0 fully saturated rings. The molecule has 0 spiro atoms. The van der Waals surface area contributed by atoms with Crippen molar-refractivity contribution >= 4 is 46.6 Å². The minimum atomic E-state index is -0.604. The van der Waals surface area contributed by atoms with Crippen molar-refractivity contribution in [3.63, 3.8) is 0 Å². The molecule has 1 N–H and O–H groups in total. The van der Waals surface area contributed by atoms with Gasteiger partial charge >= 0.3 is 0 Å². The fraction of sp³-hybridized carbons (Fsp3) is 0.100. The van der Waals surface area contributed by atoms with Crippen LogP contribution in [0.4, 0.5) is 5.69 Å². The Hall–Kier alpha value is -4.18. The summed E-state index contributed by atoms with van der Waals surface area (Å²) in [6, 6.07) is 29.9. The van der Waals surface area contributed by atoms with Crippen LogP contribution in [0.2, 0.25) is 10.0 Å². The molecule has 1 amide bonds. The number of aromatic nitrogens is 3. The Morgan fingerprint density at radius 1 is 0.878 bits per heavy atom. The number of carbonyl (C=O) groups is 1. The molecule has 4 aromatic carbocycles. The number of nitrogens with one attached hydrogen (secondary N) is 1. The number of halogens is 2. The van der Waals surface area contributed by atoms with Crippen LogP contribution < -0.4 is 5.32 Å². The molecule has 0 aliphatic heterocycles. The number of nitrogens with zero attached hydrogens (tertiary/aromatic N) is 4. The van der Waals surface area contributed by atoms with Crippen LogP contribution in [0, 0.1) is 10.1 Å². The standard InChI is InChI=1S/C30H23Cl2N5O3S/c31-25-16-11-22(18-26(25)32)29(38)33-27(17-20-7-3-1-4-8-20)28-34-35-30(41-19-21-9-5-2-6-10-21)36(28)23-12-14-24(15-13-23)37(39)40/h1-16,18,27H,17,19H2,(H,33,38). The first-order valence-corrected chi connectivity index (χ1v) is 14.3. The Morgan fingerprint density at radius 3 is 2.17 bits per heavy atom. The molecule has 0 aliphatic rings. The molecule has 1 unspecified atom stereocenters. The Morgan fingerprint density at radius 2 is 1.54 bits per heavy atom. The van der Waals surface area contributed by atoms with Gasteiger partial charge in [0.15, 0.2) is 11.0 Å². The summed E-state index contributed by atoms with van der Waals surface area (Å²) in [4.78, 5) is 24.3. The maximum Gasteiger partial charge on any atom is 0.269 e. The predicted molar refractivity (Wildman–Crippen MR) is 161 cm³/mol. The van der Waals surface area contributed by atoms with E-state index in [2.05, 4.69) is 15.5 Å². The number of amides is 1. The smallest absolute Gasteiger partial charge is 0.269 e. The van der Waals surface area contributed by atoms with Crippen LogP contribution in [-0.2, 0) is 12.2 Å². The molecule has 5 aromatic rings. The topological polar surface area (TPSA) is 103 Å². The molecule has 0 saturated carbocycles. The van der Waals surface area contributed by atoms with Gasteiger partial charge < -0.3 is 5.32 Å². The van der Waals surface area contributed by atoms with Crippen molar-refractivity contribution in [2.75, 3.05) is 0 Å². The van der Waals surface area contributed by atoms with E-state index in [0.717, 1.165) is 11.1 Å². The number of hydrogen-bond donors (Lipinski definition) is 1. The van der Waals surface area contributed by atoms with Crippen LogP contribution in [0.15, 0.2) is 108 Å². The van der Waals surface area contributed by atoms with E-state index in [0.29, 0.717) is 39.4 Å². The van der Waals surface area contributed by atoms with Gasteiger partial charge in [0.2, 0.25) is 0 Å². The average Bonchev–Trinajstić information content (AvgIpc) is 3.42. The number of hydrogen-bond acceptors (Lipinski definition) is 6. The van der Waals surface area contributed by atoms with Crippen molar-refractivity contribution in [1.29, 1.82) is 0 Å². The van der Waals surface area contributed by atoms with Crippen molar-refractivity contribution in [2.45, 2.75) is 23.4 Å². The Labute approximate surface area is 250 Å². The highest BCUT2D eigenvalue weighted by Crippen LogP contribution is 2.30. The van der Waals surface area contributed by atoms with Gasteiger partial charge in [-0.3, -0.25) is 19.5 Å². The van der Waals surface area contributed by atoms with Crippen LogP contribution in [-0.4, -0.2) is 25.6 Å². The number of benzene rings is 4. The average molecular weight is 605 g/mol. The van der Waals surface area contributed by atoms with Gasteiger partial charge in [-0.2, -0.15) is 0 Å². The lowest BCUT2D eigenvalue weighted by atomic mass is 10.0. The van der Waals surface area contributed by atoms with E-state index < -0.39 is 11.0 Å². The molecule has 1 aromatic heterocycles. The summed E-state index contributed by atoms with van der Waals surface area (Å²) < 4.78 is 1.83. The molecule has 5 rings (SSSR count). The lowest BCUT2D eigenvalue weighted by Gasteiger charge is -2.20. The van der Waals surface area contributed by atoms with E-state index in [1.807, 2.05) is 65.2 Å². The Balaban J connectivity index is 1.56. The van der Waals surface area contributed by atoms with Crippen molar-refractivity contribution < 1.29 is 9.72 Å². The molecule has 1 heterocycles. The SMILES string of the molecule is O=C(NC(Cc1ccccc1)c1nnc(SCc2ccccc2)n1-c1ccc([N+](=O)[O-])cc1)c1ccc(Cl)c(Cl)c1. The van der Waals surface area contributed by atoms with Gasteiger partial charge in [0.05, 0.1) is 21.0 Å². The van der Waals surface area contributed by atoms with E-state index in [9.17, 15) is 14.9 Å². The van der Waals surface area contributed by atoms with Crippen molar-refractivity contribution in [3.8, 4) is 5.69 Å². The molecule has 0 saturated heterocycles. The molecule has 8 nitrogen and oxygen atoms in total. The van der Waals surface area contributed by atoms with Gasteiger partial charge in [-0.05, 0) is 47.9 Å². The highest BCUT2D eigenvalue weighted by atomic mass is 35.5. The number of thioether (sulfide) groups is 1. The second kappa shape index (κ2) is 13.0. The van der Waals surface area contributed by atoms with Gasteiger partial charge in [-0.25, -0.2) is 0 Å². The highest BCUT2D eigenvalue weighted by molar-refractivity contribution is 7.98. The number of carbonyl (C=O) groups excluding carboxylic acids is 1. The number of rotatable bonds is 10. The zero-order valence-electron chi connectivity index (χ0n) is 21.5. The fourth-order valence-electron chi connectivity index (χ4n) is 4.22. The van der Waals surface area contributed by atoms with Crippen molar-refractivity contribution in [2.24, 2.45) is 0 Å².